The third-order valence-corrected chi connectivity index (χ3v) is 6.71. The SMILES string of the molecule is CCOc1ccc(NC(=O)c2ccc(N(C)S(=O)(=O)c3ccc(OC)c(OC)c3)cc2)cc1. The molecule has 0 spiro atoms. The zero-order valence-electron chi connectivity index (χ0n) is 18.9. The van der Waals surface area contributed by atoms with E-state index in [0.29, 0.717) is 35.0 Å². The Bertz CT molecular complexity index is 1210. The van der Waals surface area contributed by atoms with Gasteiger partial charge in [-0.2, -0.15) is 0 Å². The van der Waals surface area contributed by atoms with Gasteiger partial charge in [0, 0.05) is 24.4 Å². The molecule has 0 saturated carbocycles. The molecule has 0 aliphatic carbocycles. The van der Waals surface area contributed by atoms with Crippen LogP contribution in [0.4, 0.5) is 11.4 Å². The Hall–Kier alpha value is -3.72. The summed E-state index contributed by atoms with van der Waals surface area (Å²) in [6.45, 7) is 2.46. The minimum absolute atomic E-state index is 0.0555. The molecule has 1 amide bonds. The van der Waals surface area contributed by atoms with Crippen LogP contribution in [-0.2, 0) is 10.0 Å². The van der Waals surface area contributed by atoms with Crippen LogP contribution in [0.2, 0.25) is 0 Å². The van der Waals surface area contributed by atoms with Crippen molar-refractivity contribution >= 4 is 27.3 Å². The van der Waals surface area contributed by atoms with Crippen LogP contribution in [0.5, 0.6) is 17.2 Å². The predicted molar refractivity (Wildman–Crippen MR) is 127 cm³/mol. The molecule has 0 heterocycles. The lowest BCUT2D eigenvalue weighted by molar-refractivity contribution is 0.102. The third-order valence-electron chi connectivity index (χ3n) is 4.93. The molecule has 3 rings (SSSR count). The molecule has 0 aliphatic heterocycles. The molecule has 1 N–H and O–H groups in total. The number of benzene rings is 3. The summed E-state index contributed by atoms with van der Waals surface area (Å²) >= 11 is 0. The molecule has 0 bridgehead atoms. The number of amides is 1. The summed E-state index contributed by atoms with van der Waals surface area (Å²) in [6, 6.07) is 17.7. The monoisotopic (exact) mass is 470 g/mol. The van der Waals surface area contributed by atoms with Crippen molar-refractivity contribution in [1.82, 2.24) is 0 Å². The van der Waals surface area contributed by atoms with Gasteiger partial charge in [0.05, 0.1) is 31.4 Å². The second-order valence-corrected chi connectivity index (χ2v) is 8.92. The molecule has 9 heteroatoms. The highest BCUT2D eigenvalue weighted by atomic mass is 32.2. The summed E-state index contributed by atoms with van der Waals surface area (Å²) in [6.07, 6.45) is 0. The highest BCUT2D eigenvalue weighted by Crippen LogP contribution is 2.31. The predicted octanol–water partition coefficient (Wildman–Crippen LogP) is 4.18. The average molecular weight is 471 g/mol. The number of anilines is 2. The minimum atomic E-state index is -3.85. The normalized spacial score (nSPS) is 10.9. The first kappa shape index (κ1) is 23.9. The van der Waals surface area contributed by atoms with E-state index in [4.69, 9.17) is 14.2 Å². The Morgan fingerprint density at radius 2 is 1.55 bits per heavy atom. The van der Waals surface area contributed by atoms with Crippen LogP contribution in [0.3, 0.4) is 0 Å². The summed E-state index contributed by atoms with van der Waals surface area (Å²) in [7, 11) is 0.508. The van der Waals surface area contributed by atoms with E-state index in [9.17, 15) is 13.2 Å². The van der Waals surface area contributed by atoms with Gasteiger partial charge in [0.1, 0.15) is 5.75 Å². The van der Waals surface area contributed by atoms with Gasteiger partial charge in [0.25, 0.3) is 15.9 Å². The number of hydrogen-bond donors (Lipinski definition) is 1. The van der Waals surface area contributed by atoms with Gasteiger partial charge in [-0.15, -0.1) is 0 Å². The molecule has 0 fully saturated rings. The van der Waals surface area contributed by atoms with Crippen molar-refractivity contribution in [2.75, 3.05) is 37.5 Å². The number of sulfonamides is 1. The van der Waals surface area contributed by atoms with Gasteiger partial charge in [-0.05, 0) is 67.6 Å². The van der Waals surface area contributed by atoms with E-state index >= 15 is 0 Å². The molecule has 0 aromatic heterocycles. The number of methoxy groups -OCH3 is 2. The Balaban J connectivity index is 1.75. The number of carbonyl (C=O) groups is 1. The zero-order valence-corrected chi connectivity index (χ0v) is 19.7. The van der Waals surface area contributed by atoms with Crippen molar-refractivity contribution in [3.05, 3.63) is 72.3 Å². The van der Waals surface area contributed by atoms with Gasteiger partial charge in [-0.3, -0.25) is 9.10 Å². The highest BCUT2D eigenvalue weighted by molar-refractivity contribution is 7.92. The molecule has 0 saturated heterocycles. The molecule has 3 aromatic carbocycles. The van der Waals surface area contributed by atoms with E-state index in [2.05, 4.69) is 5.32 Å². The maximum atomic E-state index is 13.1. The van der Waals surface area contributed by atoms with Gasteiger partial charge < -0.3 is 19.5 Å². The Kier molecular flexibility index (Phi) is 7.44. The first-order valence-electron chi connectivity index (χ1n) is 10.2. The Morgan fingerprint density at radius 3 is 2.12 bits per heavy atom. The van der Waals surface area contributed by atoms with Gasteiger partial charge in [0.2, 0.25) is 0 Å². The number of rotatable bonds is 9. The van der Waals surface area contributed by atoms with Crippen molar-refractivity contribution in [2.24, 2.45) is 0 Å². The van der Waals surface area contributed by atoms with Gasteiger partial charge in [0.15, 0.2) is 11.5 Å². The van der Waals surface area contributed by atoms with E-state index in [1.165, 1.54) is 39.5 Å². The largest absolute Gasteiger partial charge is 0.494 e. The van der Waals surface area contributed by atoms with Crippen LogP contribution in [0.15, 0.2) is 71.6 Å². The summed E-state index contributed by atoms with van der Waals surface area (Å²) in [4.78, 5) is 12.6. The van der Waals surface area contributed by atoms with E-state index < -0.39 is 10.0 Å². The molecule has 33 heavy (non-hydrogen) atoms. The second kappa shape index (κ2) is 10.3. The second-order valence-electron chi connectivity index (χ2n) is 6.95. The van der Waals surface area contributed by atoms with E-state index in [0.717, 1.165) is 10.1 Å². The summed E-state index contributed by atoms with van der Waals surface area (Å²) in [5, 5.41) is 2.80. The fourth-order valence-corrected chi connectivity index (χ4v) is 4.31. The van der Waals surface area contributed by atoms with E-state index in [-0.39, 0.29) is 10.8 Å². The van der Waals surface area contributed by atoms with Crippen LogP contribution in [0, 0.1) is 0 Å². The van der Waals surface area contributed by atoms with Gasteiger partial charge in [-0.25, -0.2) is 8.42 Å². The summed E-state index contributed by atoms with van der Waals surface area (Å²) in [5.41, 5.74) is 1.42. The molecule has 8 nitrogen and oxygen atoms in total. The van der Waals surface area contributed by atoms with Crippen molar-refractivity contribution < 1.29 is 27.4 Å². The fraction of sp³-hybridized carbons (Fsp3) is 0.208. The lowest BCUT2D eigenvalue weighted by atomic mass is 10.2. The first-order valence-corrected chi connectivity index (χ1v) is 11.6. The minimum Gasteiger partial charge on any atom is -0.494 e. The number of nitrogens with zero attached hydrogens (tertiary/aromatic N) is 1. The maximum absolute atomic E-state index is 13.1. The Labute approximate surface area is 193 Å². The quantitative estimate of drug-likeness (QED) is 0.504. The molecule has 0 atom stereocenters. The first-order chi connectivity index (χ1) is 15.8. The topological polar surface area (TPSA) is 94.2 Å². The summed E-state index contributed by atoms with van der Waals surface area (Å²) in [5.74, 6) is 1.16. The smallest absolute Gasteiger partial charge is 0.264 e. The van der Waals surface area contributed by atoms with Crippen LogP contribution in [0.25, 0.3) is 0 Å². The standard InChI is InChI=1S/C24H26N2O6S/c1-5-32-20-12-8-18(9-13-20)25-24(27)17-6-10-19(11-7-17)26(2)33(28,29)21-14-15-22(30-3)23(16-21)31-4/h6-16H,5H2,1-4H3,(H,25,27). The zero-order chi connectivity index (χ0) is 24.0. The van der Waals surface area contributed by atoms with Crippen molar-refractivity contribution in [3.8, 4) is 17.2 Å². The molecule has 0 radical (unpaired) electrons. The van der Waals surface area contributed by atoms with Crippen LogP contribution < -0.4 is 23.8 Å². The molecular formula is C24H26N2O6S. The average Bonchev–Trinajstić information content (AvgIpc) is 2.84. The fourth-order valence-electron chi connectivity index (χ4n) is 3.10. The number of ether oxygens (including phenoxy) is 3. The van der Waals surface area contributed by atoms with Crippen LogP contribution >= 0.6 is 0 Å². The molecule has 174 valence electrons. The number of hydrogen-bond acceptors (Lipinski definition) is 6. The van der Waals surface area contributed by atoms with Crippen molar-refractivity contribution in [1.29, 1.82) is 0 Å². The third kappa shape index (κ3) is 5.38. The Morgan fingerprint density at radius 1 is 0.909 bits per heavy atom. The lowest BCUT2D eigenvalue weighted by Crippen LogP contribution is -2.26. The molecule has 0 aliphatic rings. The highest BCUT2D eigenvalue weighted by Gasteiger charge is 2.23. The molecular weight excluding hydrogens is 444 g/mol. The molecule has 3 aromatic rings. The van der Waals surface area contributed by atoms with Crippen molar-refractivity contribution in [3.63, 3.8) is 0 Å². The van der Waals surface area contributed by atoms with E-state index in [1.54, 1.807) is 48.5 Å². The van der Waals surface area contributed by atoms with Gasteiger partial charge >= 0.3 is 0 Å². The van der Waals surface area contributed by atoms with Crippen molar-refractivity contribution in [2.45, 2.75) is 11.8 Å². The maximum Gasteiger partial charge on any atom is 0.264 e. The number of carbonyl (C=O) groups excluding carboxylic acids is 1. The van der Waals surface area contributed by atoms with Crippen LogP contribution in [-0.4, -0.2) is 42.2 Å². The summed E-state index contributed by atoms with van der Waals surface area (Å²) < 4.78 is 43.1. The number of nitrogens with one attached hydrogen (secondary N) is 1. The molecule has 0 unspecified atom stereocenters. The van der Waals surface area contributed by atoms with Gasteiger partial charge in [-0.1, -0.05) is 0 Å². The van der Waals surface area contributed by atoms with Crippen LogP contribution in [0.1, 0.15) is 17.3 Å². The lowest BCUT2D eigenvalue weighted by Gasteiger charge is -2.20. The van der Waals surface area contributed by atoms with E-state index in [1.807, 2.05) is 6.92 Å².